The van der Waals surface area contributed by atoms with E-state index in [1.165, 1.54) is 6.07 Å². The summed E-state index contributed by atoms with van der Waals surface area (Å²) in [6, 6.07) is 4.89. The molecule has 0 heterocycles. The molecule has 0 bridgehead atoms. The van der Waals surface area contributed by atoms with Crippen LogP contribution in [0.3, 0.4) is 0 Å². The fourth-order valence-electron chi connectivity index (χ4n) is 2.75. The van der Waals surface area contributed by atoms with Crippen molar-refractivity contribution < 1.29 is 19.4 Å². The van der Waals surface area contributed by atoms with E-state index in [0.717, 1.165) is 25.7 Å². The number of benzene rings is 1. The van der Waals surface area contributed by atoms with Crippen molar-refractivity contribution in [2.24, 2.45) is 0 Å². The maximum absolute atomic E-state index is 12.3. The first-order valence-electron chi connectivity index (χ1n) is 7.81. The van der Waals surface area contributed by atoms with Crippen molar-refractivity contribution in [2.75, 3.05) is 5.32 Å². The summed E-state index contributed by atoms with van der Waals surface area (Å²) in [6.45, 7) is 3.64. The Balaban J connectivity index is 2.03. The van der Waals surface area contributed by atoms with E-state index in [-0.39, 0.29) is 17.6 Å². The van der Waals surface area contributed by atoms with E-state index in [0.29, 0.717) is 17.7 Å². The number of hydrogen-bond donors (Lipinski definition) is 2. The normalized spacial score (nSPS) is 16.5. The molecule has 2 rings (SSSR count). The predicted octanol–water partition coefficient (Wildman–Crippen LogP) is 3.37. The quantitative estimate of drug-likeness (QED) is 0.845. The number of carboxylic acid groups (broad SMARTS) is 1. The molecule has 1 saturated carbocycles. The molecule has 0 spiro atoms. The van der Waals surface area contributed by atoms with E-state index >= 15 is 0 Å². The molecule has 1 amide bonds. The molecule has 1 atom stereocenters. The number of carboxylic acids is 1. The second kappa shape index (κ2) is 7.40. The number of carbonyl (C=O) groups excluding carboxylic acids is 1. The summed E-state index contributed by atoms with van der Waals surface area (Å²) in [6.07, 6.45) is 4.61. The minimum Gasteiger partial charge on any atom is -0.478 e. The van der Waals surface area contributed by atoms with Crippen LogP contribution in [-0.4, -0.2) is 29.2 Å². The molecule has 1 unspecified atom stereocenters. The lowest BCUT2D eigenvalue weighted by atomic mass is 10.1. The highest BCUT2D eigenvalue weighted by molar-refractivity contribution is 5.96. The molecule has 1 aliphatic carbocycles. The first-order chi connectivity index (χ1) is 10.5. The summed E-state index contributed by atoms with van der Waals surface area (Å²) in [5.74, 6) is -1.21. The minimum absolute atomic E-state index is 0.170. The number of aryl methyl sites for hydroxylation is 1. The Morgan fingerprint density at radius 3 is 2.64 bits per heavy atom. The van der Waals surface area contributed by atoms with Crippen LogP contribution in [-0.2, 0) is 9.53 Å². The van der Waals surface area contributed by atoms with Gasteiger partial charge in [-0.3, -0.25) is 4.79 Å². The Labute approximate surface area is 130 Å². The van der Waals surface area contributed by atoms with Gasteiger partial charge in [0.25, 0.3) is 5.91 Å². The zero-order valence-corrected chi connectivity index (χ0v) is 13.1. The van der Waals surface area contributed by atoms with Crippen molar-refractivity contribution in [3.63, 3.8) is 0 Å². The molecule has 1 aliphatic rings. The second-order valence-electron chi connectivity index (χ2n) is 5.76. The molecule has 2 N–H and O–H groups in total. The largest absolute Gasteiger partial charge is 0.478 e. The van der Waals surface area contributed by atoms with E-state index in [1.807, 2.05) is 6.92 Å². The lowest BCUT2D eigenvalue weighted by Crippen LogP contribution is -2.32. The second-order valence-corrected chi connectivity index (χ2v) is 5.76. The van der Waals surface area contributed by atoms with E-state index in [2.05, 4.69) is 5.32 Å². The number of ether oxygens (including phenoxy) is 1. The Morgan fingerprint density at radius 2 is 2.05 bits per heavy atom. The average molecular weight is 305 g/mol. The molecule has 0 radical (unpaired) electrons. The number of hydrogen-bond acceptors (Lipinski definition) is 3. The summed E-state index contributed by atoms with van der Waals surface area (Å²) in [5.41, 5.74) is 1.35. The number of rotatable bonds is 6. The topological polar surface area (TPSA) is 75.6 Å². The minimum atomic E-state index is -0.997. The first kappa shape index (κ1) is 16.5. The highest BCUT2D eigenvalue weighted by Crippen LogP contribution is 2.23. The van der Waals surface area contributed by atoms with Crippen LogP contribution in [0.5, 0.6) is 0 Å². The van der Waals surface area contributed by atoms with Gasteiger partial charge in [0.1, 0.15) is 6.10 Å². The molecule has 0 saturated heterocycles. The summed E-state index contributed by atoms with van der Waals surface area (Å²) < 4.78 is 5.87. The summed E-state index contributed by atoms with van der Waals surface area (Å²) in [7, 11) is 0. The SMILES string of the molecule is CCC(OC1CCCC1)C(=O)Nc1ccc(C)c(C(=O)O)c1. The summed E-state index contributed by atoms with van der Waals surface area (Å²) in [4.78, 5) is 23.5. The number of anilines is 1. The van der Waals surface area contributed by atoms with Crippen LogP contribution < -0.4 is 5.32 Å². The zero-order chi connectivity index (χ0) is 16.1. The number of amides is 1. The Kier molecular flexibility index (Phi) is 5.55. The third kappa shape index (κ3) is 4.07. The van der Waals surface area contributed by atoms with Crippen molar-refractivity contribution in [1.82, 2.24) is 0 Å². The standard InChI is InChI=1S/C17H23NO4/c1-3-15(22-13-6-4-5-7-13)16(19)18-12-9-8-11(2)14(10-12)17(20)21/h8-10,13,15H,3-7H2,1-2H3,(H,18,19)(H,20,21). The van der Waals surface area contributed by atoms with Gasteiger partial charge < -0.3 is 15.2 Å². The Morgan fingerprint density at radius 1 is 1.36 bits per heavy atom. The molecule has 1 fully saturated rings. The molecule has 1 aromatic carbocycles. The van der Waals surface area contributed by atoms with Crippen LogP contribution in [0, 0.1) is 6.92 Å². The maximum atomic E-state index is 12.3. The fraction of sp³-hybridized carbons (Fsp3) is 0.529. The van der Waals surface area contributed by atoms with Gasteiger partial charge in [-0.25, -0.2) is 4.79 Å². The number of carbonyl (C=O) groups is 2. The lowest BCUT2D eigenvalue weighted by molar-refractivity contribution is -0.131. The van der Waals surface area contributed by atoms with Gasteiger partial charge in [0.2, 0.25) is 0 Å². The molecule has 5 heteroatoms. The van der Waals surface area contributed by atoms with Crippen LogP contribution in [0.25, 0.3) is 0 Å². The molecule has 5 nitrogen and oxygen atoms in total. The third-order valence-electron chi connectivity index (χ3n) is 4.06. The van der Waals surface area contributed by atoms with E-state index in [4.69, 9.17) is 9.84 Å². The van der Waals surface area contributed by atoms with Gasteiger partial charge in [-0.05, 0) is 43.9 Å². The van der Waals surface area contributed by atoms with Crippen LogP contribution in [0.4, 0.5) is 5.69 Å². The van der Waals surface area contributed by atoms with Crippen LogP contribution in [0.15, 0.2) is 18.2 Å². The molecule has 0 aliphatic heterocycles. The van der Waals surface area contributed by atoms with Crippen molar-refractivity contribution >= 4 is 17.6 Å². The van der Waals surface area contributed by atoms with Crippen LogP contribution in [0.2, 0.25) is 0 Å². The third-order valence-corrected chi connectivity index (χ3v) is 4.06. The summed E-state index contributed by atoms with van der Waals surface area (Å²) >= 11 is 0. The van der Waals surface area contributed by atoms with Crippen molar-refractivity contribution in [1.29, 1.82) is 0 Å². The van der Waals surface area contributed by atoms with E-state index in [1.54, 1.807) is 19.1 Å². The summed E-state index contributed by atoms with van der Waals surface area (Å²) in [5, 5.41) is 11.9. The van der Waals surface area contributed by atoms with Gasteiger partial charge >= 0.3 is 5.97 Å². The number of nitrogens with one attached hydrogen (secondary N) is 1. The molecule has 22 heavy (non-hydrogen) atoms. The van der Waals surface area contributed by atoms with Crippen LogP contribution in [0.1, 0.15) is 54.9 Å². The van der Waals surface area contributed by atoms with Gasteiger partial charge in [-0.1, -0.05) is 25.8 Å². The molecular formula is C17H23NO4. The average Bonchev–Trinajstić information content (AvgIpc) is 2.99. The predicted molar refractivity (Wildman–Crippen MR) is 84.2 cm³/mol. The Hall–Kier alpha value is -1.88. The molecule has 0 aromatic heterocycles. The smallest absolute Gasteiger partial charge is 0.336 e. The highest BCUT2D eigenvalue weighted by Gasteiger charge is 2.24. The van der Waals surface area contributed by atoms with Crippen LogP contribution >= 0.6 is 0 Å². The van der Waals surface area contributed by atoms with E-state index < -0.39 is 12.1 Å². The molecule has 120 valence electrons. The molecular weight excluding hydrogens is 282 g/mol. The van der Waals surface area contributed by atoms with Crippen molar-refractivity contribution in [3.05, 3.63) is 29.3 Å². The fourth-order valence-corrected chi connectivity index (χ4v) is 2.75. The van der Waals surface area contributed by atoms with Gasteiger partial charge in [-0.2, -0.15) is 0 Å². The lowest BCUT2D eigenvalue weighted by Gasteiger charge is -2.20. The zero-order valence-electron chi connectivity index (χ0n) is 13.1. The maximum Gasteiger partial charge on any atom is 0.336 e. The van der Waals surface area contributed by atoms with E-state index in [9.17, 15) is 9.59 Å². The van der Waals surface area contributed by atoms with Crippen molar-refractivity contribution in [3.8, 4) is 0 Å². The van der Waals surface area contributed by atoms with Gasteiger partial charge in [-0.15, -0.1) is 0 Å². The Bertz CT molecular complexity index is 550. The van der Waals surface area contributed by atoms with Gasteiger partial charge in [0.15, 0.2) is 0 Å². The highest BCUT2D eigenvalue weighted by atomic mass is 16.5. The van der Waals surface area contributed by atoms with Crippen molar-refractivity contribution in [2.45, 2.75) is 58.2 Å². The monoisotopic (exact) mass is 305 g/mol. The number of aromatic carboxylic acids is 1. The first-order valence-corrected chi connectivity index (χ1v) is 7.81. The van der Waals surface area contributed by atoms with Gasteiger partial charge in [0, 0.05) is 5.69 Å². The van der Waals surface area contributed by atoms with Gasteiger partial charge in [0.05, 0.1) is 11.7 Å². The molecule has 1 aromatic rings.